The third kappa shape index (κ3) is 3.60. The average Bonchev–Trinajstić information content (AvgIpc) is 3.40. The summed E-state index contributed by atoms with van der Waals surface area (Å²) < 4.78 is 19.9. The largest absolute Gasteiger partial charge is 0.379 e. The number of hydrazine groups is 1. The van der Waals surface area contributed by atoms with Gasteiger partial charge in [0.15, 0.2) is 0 Å². The van der Waals surface area contributed by atoms with E-state index in [0.717, 1.165) is 68.9 Å². The second-order valence-corrected chi connectivity index (χ2v) is 8.51. The molecule has 5 nitrogen and oxygen atoms in total. The Bertz CT molecular complexity index is 922. The molecule has 1 unspecified atom stereocenters. The van der Waals surface area contributed by atoms with Crippen molar-refractivity contribution < 1.29 is 9.13 Å². The highest BCUT2D eigenvalue weighted by Gasteiger charge is 2.33. The first-order valence-corrected chi connectivity index (χ1v) is 10.8. The Hall–Kier alpha value is -1.77. The maximum atomic E-state index is 14.4. The van der Waals surface area contributed by atoms with Gasteiger partial charge in [-0.2, -0.15) is 0 Å². The molecule has 4 heterocycles. The number of benzene rings is 1. The number of aromatic nitrogens is 1. The second-order valence-electron chi connectivity index (χ2n) is 7.48. The molecule has 3 aromatic rings. The summed E-state index contributed by atoms with van der Waals surface area (Å²) in [6.45, 7) is 7.15. The molecule has 0 aliphatic carbocycles. The minimum absolute atomic E-state index is 0.146. The van der Waals surface area contributed by atoms with Gasteiger partial charge in [0.05, 0.1) is 19.3 Å². The molecule has 1 atom stereocenters. The van der Waals surface area contributed by atoms with Crippen molar-refractivity contribution in [1.29, 1.82) is 0 Å². The summed E-state index contributed by atoms with van der Waals surface area (Å²) in [6, 6.07) is 9.82. The van der Waals surface area contributed by atoms with Gasteiger partial charge in [0, 0.05) is 61.2 Å². The predicted octanol–water partition coefficient (Wildman–Crippen LogP) is 3.47. The van der Waals surface area contributed by atoms with E-state index in [-0.39, 0.29) is 11.9 Å². The van der Waals surface area contributed by atoms with E-state index in [0.29, 0.717) is 0 Å². The fourth-order valence-corrected chi connectivity index (χ4v) is 5.15. The van der Waals surface area contributed by atoms with Crippen molar-refractivity contribution in [2.24, 2.45) is 0 Å². The maximum Gasteiger partial charge on any atom is 0.125 e. The minimum atomic E-state index is -0.176. The zero-order chi connectivity index (χ0) is 18.9. The van der Waals surface area contributed by atoms with Crippen LogP contribution in [0.1, 0.15) is 16.5 Å². The topological polar surface area (TPSA) is 34.7 Å². The van der Waals surface area contributed by atoms with Crippen molar-refractivity contribution in [2.75, 3.05) is 45.9 Å². The SMILES string of the molecule is Fc1cc(C2CN(N3CCOCC3)CCN2Cc2cccs2)c2cc[nH]c2c1. The number of ether oxygens (including phenoxy) is 1. The molecule has 1 aromatic carbocycles. The monoisotopic (exact) mass is 400 g/mol. The first kappa shape index (κ1) is 18.3. The molecule has 2 aromatic heterocycles. The molecule has 2 aliphatic rings. The molecule has 0 bridgehead atoms. The molecular weight excluding hydrogens is 375 g/mol. The molecule has 7 heteroatoms. The summed E-state index contributed by atoms with van der Waals surface area (Å²) in [5.74, 6) is -0.176. The zero-order valence-electron chi connectivity index (χ0n) is 15.8. The lowest BCUT2D eigenvalue weighted by molar-refractivity contribution is -0.121. The van der Waals surface area contributed by atoms with Crippen LogP contribution in [0.25, 0.3) is 10.9 Å². The lowest BCUT2D eigenvalue weighted by Crippen LogP contribution is -2.57. The number of hydrogen-bond acceptors (Lipinski definition) is 5. The lowest BCUT2D eigenvalue weighted by Gasteiger charge is -2.46. The van der Waals surface area contributed by atoms with Crippen LogP contribution in [0.5, 0.6) is 0 Å². The van der Waals surface area contributed by atoms with Gasteiger partial charge in [0.2, 0.25) is 0 Å². The van der Waals surface area contributed by atoms with Crippen molar-refractivity contribution in [2.45, 2.75) is 12.6 Å². The summed E-state index contributed by atoms with van der Waals surface area (Å²) in [4.78, 5) is 7.04. The number of hydrogen-bond donors (Lipinski definition) is 1. The molecule has 0 saturated carbocycles. The standard InChI is InChI=1S/C21H25FN4OS/c22-16-12-19(18-3-4-23-20(18)13-16)21-15-26(25-7-9-27-10-8-25)6-5-24(21)14-17-2-1-11-28-17/h1-4,11-13,21,23H,5-10,14-15H2. The van der Waals surface area contributed by atoms with Crippen LogP contribution in [0, 0.1) is 5.82 Å². The van der Waals surface area contributed by atoms with Crippen molar-refractivity contribution in [1.82, 2.24) is 19.9 Å². The van der Waals surface area contributed by atoms with E-state index < -0.39 is 0 Å². The normalized spacial score (nSPS) is 22.8. The van der Waals surface area contributed by atoms with Gasteiger partial charge in [-0.3, -0.25) is 4.90 Å². The molecule has 0 amide bonds. The number of rotatable bonds is 4. The van der Waals surface area contributed by atoms with Crippen LogP contribution in [0.2, 0.25) is 0 Å². The predicted molar refractivity (Wildman–Crippen MR) is 110 cm³/mol. The van der Waals surface area contributed by atoms with Crippen LogP contribution in [-0.2, 0) is 11.3 Å². The Morgan fingerprint density at radius 1 is 1.11 bits per heavy atom. The lowest BCUT2D eigenvalue weighted by atomic mass is 9.98. The molecule has 2 saturated heterocycles. The van der Waals surface area contributed by atoms with Crippen LogP contribution in [0.15, 0.2) is 41.9 Å². The molecule has 2 fully saturated rings. The maximum absolute atomic E-state index is 14.4. The summed E-state index contributed by atoms with van der Waals surface area (Å²) in [7, 11) is 0. The van der Waals surface area contributed by atoms with Crippen molar-refractivity contribution >= 4 is 22.2 Å². The van der Waals surface area contributed by atoms with E-state index in [1.54, 1.807) is 23.5 Å². The Labute approximate surface area is 168 Å². The highest BCUT2D eigenvalue weighted by atomic mass is 32.1. The Balaban J connectivity index is 1.48. The Morgan fingerprint density at radius 2 is 2.00 bits per heavy atom. The van der Waals surface area contributed by atoms with E-state index in [1.165, 1.54) is 4.88 Å². The molecule has 5 rings (SSSR count). The number of thiophene rings is 1. The third-order valence-electron chi connectivity index (χ3n) is 5.82. The number of aromatic amines is 1. The van der Waals surface area contributed by atoms with Crippen molar-refractivity contribution in [3.8, 4) is 0 Å². The number of piperazine rings is 1. The molecule has 2 aliphatic heterocycles. The average molecular weight is 401 g/mol. The van der Waals surface area contributed by atoms with Crippen LogP contribution >= 0.6 is 11.3 Å². The summed E-state index contributed by atoms with van der Waals surface area (Å²) in [5, 5.41) is 8.10. The molecule has 148 valence electrons. The first-order valence-electron chi connectivity index (χ1n) is 9.88. The number of nitrogens with zero attached hydrogens (tertiary/aromatic N) is 3. The highest BCUT2D eigenvalue weighted by Crippen LogP contribution is 2.34. The minimum Gasteiger partial charge on any atom is -0.379 e. The second kappa shape index (κ2) is 7.93. The zero-order valence-corrected chi connectivity index (χ0v) is 16.6. The van der Waals surface area contributed by atoms with E-state index in [1.807, 2.05) is 6.20 Å². The van der Waals surface area contributed by atoms with Crippen molar-refractivity contribution in [3.63, 3.8) is 0 Å². The number of halogens is 1. The van der Waals surface area contributed by atoms with Gasteiger partial charge in [-0.1, -0.05) is 6.07 Å². The Morgan fingerprint density at radius 3 is 2.82 bits per heavy atom. The van der Waals surface area contributed by atoms with Crippen LogP contribution in [0.4, 0.5) is 4.39 Å². The van der Waals surface area contributed by atoms with Gasteiger partial charge in [0.25, 0.3) is 0 Å². The number of nitrogens with one attached hydrogen (secondary N) is 1. The van der Waals surface area contributed by atoms with Gasteiger partial charge in [-0.05, 0) is 35.2 Å². The third-order valence-corrected chi connectivity index (χ3v) is 6.68. The van der Waals surface area contributed by atoms with E-state index >= 15 is 0 Å². The molecular formula is C21H25FN4OS. The quantitative estimate of drug-likeness (QED) is 0.727. The molecule has 0 spiro atoms. The van der Waals surface area contributed by atoms with E-state index in [2.05, 4.69) is 43.5 Å². The van der Waals surface area contributed by atoms with Gasteiger partial charge in [0.1, 0.15) is 5.82 Å². The fourth-order valence-electron chi connectivity index (χ4n) is 4.42. The first-order chi connectivity index (χ1) is 13.8. The molecule has 1 N–H and O–H groups in total. The molecule has 0 radical (unpaired) electrons. The smallest absolute Gasteiger partial charge is 0.125 e. The van der Waals surface area contributed by atoms with E-state index in [9.17, 15) is 4.39 Å². The number of fused-ring (bicyclic) bond motifs is 1. The van der Waals surface area contributed by atoms with Crippen molar-refractivity contribution in [3.05, 3.63) is 58.2 Å². The van der Waals surface area contributed by atoms with Crippen LogP contribution in [-0.4, -0.2) is 65.8 Å². The number of morpholine rings is 1. The van der Waals surface area contributed by atoms with Gasteiger partial charge < -0.3 is 9.72 Å². The summed E-state index contributed by atoms with van der Waals surface area (Å²) >= 11 is 1.79. The van der Waals surface area contributed by atoms with Crippen LogP contribution in [0.3, 0.4) is 0 Å². The highest BCUT2D eigenvalue weighted by molar-refractivity contribution is 7.09. The van der Waals surface area contributed by atoms with Gasteiger partial charge in [-0.15, -0.1) is 11.3 Å². The van der Waals surface area contributed by atoms with E-state index in [4.69, 9.17) is 4.74 Å². The summed E-state index contributed by atoms with van der Waals surface area (Å²) in [5.41, 5.74) is 1.94. The van der Waals surface area contributed by atoms with Gasteiger partial charge >= 0.3 is 0 Å². The van der Waals surface area contributed by atoms with Crippen LogP contribution < -0.4 is 0 Å². The Kier molecular flexibility index (Phi) is 5.17. The molecule has 28 heavy (non-hydrogen) atoms. The van der Waals surface area contributed by atoms with Gasteiger partial charge in [-0.25, -0.2) is 14.4 Å². The fraction of sp³-hybridized carbons (Fsp3) is 0.429. The number of H-pyrrole nitrogens is 1. The summed E-state index contributed by atoms with van der Waals surface area (Å²) in [6.07, 6.45) is 1.90.